The highest BCUT2D eigenvalue weighted by molar-refractivity contribution is 7.89. The smallest absolute Gasteiger partial charge is 0.253 e. The lowest BCUT2D eigenvalue weighted by molar-refractivity contribution is 0.0746. The number of halogens is 1. The maximum atomic E-state index is 13.0. The Morgan fingerprint density at radius 3 is 2.18 bits per heavy atom. The van der Waals surface area contributed by atoms with E-state index in [0.717, 1.165) is 49.0 Å². The third kappa shape index (κ3) is 5.74. The van der Waals surface area contributed by atoms with Gasteiger partial charge in [0.15, 0.2) is 0 Å². The highest BCUT2D eigenvalue weighted by Crippen LogP contribution is 2.25. The first-order valence-electron chi connectivity index (χ1n) is 11.9. The van der Waals surface area contributed by atoms with Crippen LogP contribution in [-0.4, -0.2) is 86.5 Å². The van der Waals surface area contributed by atoms with Crippen molar-refractivity contribution in [2.24, 2.45) is 0 Å². The van der Waals surface area contributed by atoms with E-state index in [1.165, 1.54) is 5.56 Å². The van der Waals surface area contributed by atoms with Gasteiger partial charge in [0.05, 0.1) is 5.75 Å². The summed E-state index contributed by atoms with van der Waals surface area (Å²) >= 11 is 6.18. The fourth-order valence-corrected chi connectivity index (χ4v) is 5.87. The highest BCUT2D eigenvalue weighted by atomic mass is 35.5. The van der Waals surface area contributed by atoms with Crippen molar-refractivity contribution >= 4 is 33.2 Å². The van der Waals surface area contributed by atoms with E-state index in [9.17, 15) is 13.2 Å². The van der Waals surface area contributed by atoms with Crippen molar-refractivity contribution in [3.63, 3.8) is 0 Å². The quantitative estimate of drug-likeness (QED) is 0.605. The zero-order valence-corrected chi connectivity index (χ0v) is 21.5. The van der Waals surface area contributed by atoms with Crippen LogP contribution in [0.3, 0.4) is 0 Å². The number of rotatable bonds is 6. The maximum absolute atomic E-state index is 13.0. The molecule has 2 aromatic rings. The average molecular weight is 505 g/mol. The van der Waals surface area contributed by atoms with Crippen LogP contribution in [0.1, 0.15) is 28.4 Å². The lowest BCUT2D eigenvalue weighted by atomic mass is 10.1. The standard InChI is InChI=1S/C25H33ClN4O3S/c1-3-34(32,33)30-16-10-27(11-17-30)19-21-5-7-22(8-6-21)25(31)29-14-12-28(13-15-29)24-18-23(26)9-4-20(24)2/h4-9,18H,3,10-17,19H2,1-2H3. The van der Waals surface area contributed by atoms with Crippen molar-refractivity contribution < 1.29 is 13.2 Å². The number of aryl methyl sites for hydroxylation is 1. The monoisotopic (exact) mass is 504 g/mol. The number of piperazine rings is 2. The van der Waals surface area contributed by atoms with Gasteiger partial charge in [-0.2, -0.15) is 4.31 Å². The molecule has 0 aromatic heterocycles. The lowest BCUT2D eigenvalue weighted by Crippen LogP contribution is -2.49. The zero-order valence-electron chi connectivity index (χ0n) is 19.9. The van der Waals surface area contributed by atoms with Gasteiger partial charge in [0.1, 0.15) is 0 Å². The second-order valence-electron chi connectivity index (χ2n) is 8.98. The summed E-state index contributed by atoms with van der Waals surface area (Å²) in [6, 6.07) is 13.8. The summed E-state index contributed by atoms with van der Waals surface area (Å²) < 4.78 is 25.6. The molecule has 4 rings (SSSR count). The summed E-state index contributed by atoms with van der Waals surface area (Å²) in [6.45, 7) is 9.95. The molecule has 7 nitrogen and oxygen atoms in total. The van der Waals surface area contributed by atoms with Crippen LogP contribution in [0.5, 0.6) is 0 Å². The van der Waals surface area contributed by atoms with Crippen molar-refractivity contribution in [2.45, 2.75) is 20.4 Å². The molecule has 2 saturated heterocycles. The number of carbonyl (C=O) groups excluding carboxylic acids is 1. The van der Waals surface area contributed by atoms with Gasteiger partial charge < -0.3 is 9.80 Å². The van der Waals surface area contributed by atoms with Crippen LogP contribution in [-0.2, 0) is 16.6 Å². The molecule has 0 spiro atoms. The number of carbonyl (C=O) groups is 1. The maximum Gasteiger partial charge on any atom is 0.253 e. The predicted molar refractivity (Wildman–Crippen MR) is 137 cm³/mol. The summed E-state index contributed by atoms with van der Waals surface area (Å²) in [4.78, 5) is 19.5. The first kappa shape index (κ1) is 25.0. The van der Waals surface area contributed by atoms with E-state index in [-0.39, 0.29) is 11.7 Å². The number of sulfonamides is 1. The normalized spacial score (nSPS) is 18.3. The van der Waals surface area contributed by atoms with Gasteiger partial charge in [-0.15, -0.1) is 0 Å². The van der Waals surface area contributed by atoms with E-state index < -0.39 is 10.0 Å². The molecule has 0 bridgehead atoms. The van der Waals surface area contributed by atoms with E-state index in [4.69, 9.17) is 11.6 Å². The van der Waals surface area contributed by atoms with Gasteiger partial charge in [-0.25, -0.2) is 8.42 Å². The Morgan fingerprint density at radius 1 is 0.912 bits per heavy atom. The average Bonchev–Trinajstić information content (AvgIpc) is 2.86. The molecule has 0 atom stereocenters. The number of anilines is 1. The van der Waals surface area contributed by atoms with Gasteiger partial charge in [0.2, 0.25) is 10.0 Å². The number of amides is 1. The molecule has 184 valence electrons. The number of nitrogens with zero attached hydrogens (tertiary/aromatic N) is 4. The fourth-order valence-electron chi connectivity index (χ4n) is 4.62. The summed E-state index contributed by atoms with van der Waals surface area (Å²) in [5.74, 6) is 0.213. The van der Waals surface area contributed by atoms with Crippen LogP contribution in [0, 0.1) is 6.92 Å². The van der Waals surface area contributed by atoms with Crippen LogP contribution in [0.4, 0.5) is 5.69 Å². The summed E-state index contributed by atoms with van der Waals surface area (Å²) in [5, 5.41) is 0.729. The van der Waals surface area contributed by atoms with Gasteiger partial charge in [-0.1, -0.05) is 29.8 Å². The van der Waals surface area contributed by atoms with Crippen LogP contribution in [0.15, 0.2) is 42.5 Å². The van der Waals surface area contributed by atoms with Gasteiger partial charge in [0, 0.05) is 75.2 Å². The predicted octanol–water partition coefficient (Wildman–Crippen LogP) is 3.08. The molecule has 0 unspecified atom stereocenters. The Morgan fingerprint density at radius 2 is 1.56 bits per heavy atom. The van der Waals surface area contributed by atoms with Gasteiger partial charge >= 0.3 is 0 Å². The van der Waals surface area contributed by atoms with Crippen LogP contribution in [0.2, 0.25) is 5.02 Å². The topological polar surface area (TPSA) is 64.2 Å². The molecule has 2 aliphatic heterocycles. The Balaban J connectivity index is 1.29. The van der Waals surface area contributed by atoms with E-state index in [1.54, 1.807) is 11.2 Å². The third-order valence-electron chi connectivity index (χ3n) is 6.78. The first-order valence-corrected chi connectivity index (χ1v) is 13.8. The largest absolute Gasteiger partial charge is 0.368 e. The molecule has 0 N–H and O–H groups in total. The fraction of sp³-hybridized carbons (Fsp3) is 0.480. The van der Waals surface area contributed by atoms with Crippen molar-refractivity contribution in [2.75, 3.05) is 63.0 Å². The molecule has 2 aromatic carbocycles. The van der Waals surface area contributed by atoms with Crippen LogP contribution >= 0.6 is 11.6 Å². The van der Waals surface area contributed by atoms with E-state index in [1.807, 2.05) is 47.4 Å². The Hall–Kier alpha value is -2.13. The lowest BCUT2D eigenvalue weighted by Gasteiger charge is -2.37. The molecule has 0 saturated carbocycles. The number of hydrogen-bond acceptors (Lipinski definition) is 5. The SMILES string of the molecule is CCS(=O)(=O)N1CCN(Cc2ccc(C(=O)N3CCN(c4cc(Cl)ccc4C)CC3)cc2)CC1. The molecule has 2 fully saturated rings. The summed E-state index contributed by atoms with van der Waals surface area (Å²) in [6.07, 6.45) is 0. The minimum atomic E-state index is -3.11. The summed E-state index contributed by atoms with van der Waals surface area (Å²) in [5.41, 5.74) is 4.16. The van der Waals surface area contributed by atoms with Crippen LogP contribution in [0.25, 0.3) is 0 Å². The Bertz CT molecular complexity index is 1110. The minimum Gasteiger partial charge on any atom is -0.368 e. The number of benzene rings is 2. The van der Waals surface area contributed by atoms with Gasteiger partial charge in [-0.3, -0.25) is 9.69 Å². The molecule has 2 heterocycles. The molecule has 34 heavy (non-hydrogen) atoms. The van der Waals surface area contributed by atoms with Crippen molar-refractivity contribution in [3.05, 3.63) is 64.2 Å². The summed E-state index contributed by atoms with van der Waals surface area (Å²) in [7, 11) is -3.11. The number of hydrogen-bond donors (Lipinski definition) is 0. The molecular weight excluding hydrogens is 472 g/mol. The Labute approximate surface area is 207 Å². The highest BCUT2D eigenvalue weighted by Gasteiger charge is 2.26. The van der Waals surface area contributed by atoms with E-state index in [0.29, 0.717) is 31.7 Å². The minimum absolute atomic E-state index is 0.0624. The Kier molecular flexibility index (Phi) is 7.82. The molecular formula is C25H33ClN4O3S. The van der Waals surface area contributed by atoms with Gasteiger partial charge in [0.25, 0.3) is 5.91 Å². The van der Waals surface area contributed by atoms with Crippen molar-refractivity contribution in [3.8, 4) is 0 Å². The van der Waals surface area contributed by atoms with Crippen molar-refractivity contribution in [1.82, 2.24) is 14.1 Å². The van der Waals surface area contributed by atoms with Crippen molar-refractivity contribution in [1.29, 1.82) is 0 Å². The van der Waals surface area contributed by atoms with Crippen LogP contribution < -0.4 is 4.90 Å². The van der Waals surface area contributed by atoms with Gasteiger partial charge in [-0.05, 0) is 49.2 Å². The first-order chi connectivity index (χ1) is 16.3. The molecule has 0 radical (unpaired) electrons. The molecule has 1 amide bonds. The second-order valence-corrected chi connectivity index (χ2v) is 11.7. The third-order valence-corrected chi connectivity index (χ3v) is 8.89. The molecule has 0 aliphatic carbocycles. The van der Waals surface area contributed by atoms with E-state index >= 15 is 0 Å². The molecule has 9 heteroatoms. The zero-order chi connectivity index (χ0) is 24.3. The van der Waals surface area contributed by atoms with E-state index in [2.05, 4.69) is 16.7 Å². The molecule has 2 aliphatic rings. The second kappa shape index (κ2) is 10.6.